The number of halogens is 1. The molecule has 1 aliphatic carbocycles. The normalized spacial score (nSPS) is 19.9. The molecule has 0 bridgehead atoms. The van der Waals surface area contributed by atoms with Crippen LogP contribution >= 0.6 is 11.6 Å². The van der Waals surface area contributed by atoms with Gasteiger partial charge in [-0.05, 0) is 36.5 Å². The summed E-state index contributed by atoms with van der Waals surface area (Å²) in [5.41, 5.74) is 1.15. The van der Waals surface area contributed by atoms with Crippen LogP contribution < -0.4 is 0 Å². The van der Waals surface area contributed by atoms with E-state index in [-0.39, 0.29) is 5.41 Å². The molecule has 0 radical (unpaired) electrons. The van der Waals surface area contributed by atoms with Gasteiger partial charge in [-0.25, -0.2) is 0 Å². The average Bonchev–Trinajstić information content (AvgIpc) is 2.58. The van der Waals surface area contributed by atoms with E-state index in [1.54, 1.807) is 12.1 Å². The van der Waals surface area contributed by atoms with Crippen LogP contribution in [0.4, 0.5) is 0 Å². The third-order valence-electron chi connectivity index (χ3n) is 3.32. The van der Waals surface area contributed by atoms with E-state index < -0.39 is 0 Å². The van der Waals surface area contributed by atoms with Crippen LogP contribution in [0.5, 0.6) is 5.75 Å². The van der Waals surface area contributed by atoms with Gasteiger partial charge in [0.2, 0.25) is 0 Å². The standard InChI is InChI=1S/C12H15ClO/c1-12(6-2-3-7-12)10-8-9(13)4-5-11(10)14/h4-5,8,14H,2-3,6-7H2,1H3. The molecule has 76 valence electrons. The Labute approximate surface area is 89.7 Å². The molecule has 0 spiro atoms. The molecule has 1 aromatic rings. The number of phenolic OH excluding ortho intramolecular Hbond substituents is 1. The molecular weight excluding hydrogens is 196 g/mol. The molecule has 0 atom stereocenters. The molecule has 1 aliphatic rings. The Morgan fingerprint density at radius 2 is 1.93 bits per heavy atom. The maximum atomic E-state index is 9.80. The fourth-order valence-corrected chi connectivity index (χ4v) is 2.59. The molecule has 0 saturated heterocycles. The monoisotopic (exact) mass is 210 g/mol. The van der Waals surface area contributed by atoms with Crippen LogP contribution in [-0.2, 0) is 5.41 Å². The van der Waals surface area contributed by atoms with Crippen molar-refractivity contribution in [2.24, 2.45) is 0 Å². The summed E-state index contributed by atoms with van der Waals surface area (Å²) >= 11 is 5.95. The molecule has 1 aromatic carbocycles. The van der Waals surface area contributed by atoms with Crippen LogP contribution in [0.3, 0.4) is 0 Å². The van der Waals surface area contributed by atoms with Crippen LogP contribution in [0.15, 0.2) is 18.2 Å². The molecule has 1 saturated carbocycles. The van der Waals surface area contributed by atoms with Crippen molar-refractivity contribution >= 4 is 11.6 Å². The summed E-state index contributed by atoms with van der Waals surface area (Å²) in [6.45, 7) is 2.21. The lowest BCUT2D eigenvalue weighted by Crippen LogP contribution is -2.16. The van der Waals surface area contributed by atoms with E-state index in [2.05, 4.69) is 6.92 Å². The third kappa shape index (κ3) is 1.61. The van der Waals surface area contributed by atoms with Gasteiger partial charge < -0.3 is 5.11 Å². The lowest BCUT2D eigenvalue weighted by molar-refractivity contribution is 0.423. The first-order valence-corrected chi connectivity index (χ1v) is 5.49. The smallest absolute Gasteiger partial charge is 0.119 e. The Morgan fingerprint density at radius 3 is 2.57 bits per heavy atom. The van der Waals surface area contributed by atoms with Crippen molar-refractivity contribution in [2.45, 2.75) is 38.0 Å². The molecule has 2 rings (SSSR count). The SMILES string of the molecule is CC1(c2cc(Cl)ccc2O)CCCC1. The van der Waals surface area contributed by atoms with Gasteiger partial charge in [-0.3, -0.25) is 0 Å². The largest absolute Gasteiger partial charge is 0.508 e. The lowest BCUT2D eigenvalue weighted by Gasteiger charge is -2.25. The van der Waals surface area contributed by atoms with Crippen LogP contribution in [0.1, 0.15) is 38.2 Å². The highest BCUT2D eigenvalue weighted by Crippen LogP contribution is 2.44. The van der Waals surface area contributed by atoms with E-state index in [1.165, 1.54) is 12.8 Å². The summed E-state index contributed by atoms with van der Waals surface area (Å²) in [4.78, 5) is 0. The highest BCUT2D eigenvalue weighted by molar-refractivity contribution is 6.30. The van der Waals surface area contributed by atoms with Gasteiger partial charge in [-0.15, -0.1) is 0 Å². The van der Waals surface area contributed by atoms with Crippen molar-refractivity contribution in [1.29, 1.82) is 0 Å². The highest BCUT2D eigenvalue weighted by atomic mass is 35.5. The van der Waals surface area contributed by atoms with E-state index in [1.807, 2.05) is 6.07 Å². The summed E-state index contributed by atoms with van der Waals surface area (Å²) in [6, 6.07) is 5.34. The Morgan fingerprint density at radius 1 is 1.29 bits per heavy atom. The van der Waals surface area contributed by atoms with Crippen molar-refractivity contribution in [3.8, 4) is 5.75 Å². The summed E-state index contributed by atoms with van der Waals surface area (Å²) in [5, 5.41) is 10.5. The second-order valence-electron chi connectivity index (χ2n) is 4.43. The van der Waals surface area contributed by atoms with E-state index >= 15 is 0 Å². The Kier molecular flexibility index (Phi) is 2.44. The first-order chi connectivity index (χ1) is 6.62. The minimum atomic E-state index is 0.134. The van der Waals surface area contributed by atoms with E-state index in [4.69, 9.17) is 11.6 Å². The second-order valence-corrected chi connectivity index (χ2v) is 4.87. The molecule has 0 unspecified atom stereocenters. The van der Waals surface area contributed by atoms with Crippen LogP contribution in [0, 0.1) is 0 Å². The number of aromatic hydroxyl groups is 1. The Bertz CT molecular complexity index is 340. The zero-order chi connectivity index (χ0) is 10.2. The number of rotatable bonds is 1. The molecule has 14 heavy (non-hydrogen) atoms. The zero-order valence-electron chi connectivity index (χ0n) is 8.39. The van der Waals surface area contributed by atoms with Gasteiger partial charge in [0.25, 0.3) is 0 Å². The maximum absolute atomic E-state index is 9.80. The van der Waals surface area contributed by atoms with E-state index in [0.717, 1.165) is 18.4 Å². The molecule has 0 heterocycles. The number of phenols is 1. The minimum Gasteiger partial charge on any atom is -0.508 e. The molecule has 1 nitrogen and oxygen atoms in total. The fraction of sp³-hybridized carbons (Fsp3) is 0.500. The summed E-state index contributed by atoms with van der Waals surface area (Å²) in [6.07, 6.45) is 4.81. The van der Waals surface area contributed by atoms with E-state index in [0.29, 0.717) is 10.8 Å². The molecule has 0 aromatic heterocycles. The molecule has 1 fully saturated rings. The Balaban J connectivity index is 2.44. The summed E-state index contributed by atoms with van der Waals surface area (Å²) < 4.78 is 0. The predicted molar refractivity (Wildman–Crippen MR) is 58.9 cm³/mol. The highest BCUT2D eigenvalue weighted by Gasteiger charge is 2.32. The molecule has 0 aliphatic heterocycles. The number of hydrogen-bond donors (Lipinski definition) is 1. The lowest BCUT2D eigenvalue weighted by atomic mass is 9.80. The maximum Gasteiger partial charge on any atom is 0.119 e. The van der Waals surface area contributed by atoms with Crippen molar-refractivity contribution < 1.29 is 5.11 Å². The summed E-state index contributed by atoms with van der Waals surface area (Å²) in [5.74, 6) is 0.388. The molecule has 0 amide bonds. The van der Waals surface area contributed by atoms with Gasteiger partial charge in [0.15, 0.2) is 0 Å². The first-order valence-electron chi connectivity index (χ1n) is 5.11. The van der Waals surface area contributed by atoms with Gasteiger partial charge in [-0.1, -0.05) is 31.4 Å². The molecule has 1 N–H and O–H groups in total. The topological polar surface area (TPSA) is 20.2 Å². The second kappa shape index (κ2) is 3.47. The minimum absolute atomic E-state index is 0.134. The van der Waals surface area contributed by atoms with Crippen LogP contribution in [0.2, 0.25) is 5.02 Å². The van der Waals surface area contributed by atoms with Crippen molar-refractivity contribution in [2.75, 3.05) is 0 Å². The molecule has 2 heteroatoms. The summed E-state index contributed by atoms with van der Waals surface area (Å²) in [7, 11) is 0. The van der Waals surface area contributed by atoms with Gasteiger partial charge in [-0.2, -0.15) is 0 Å². The van der Waals surface area contributed by atoms with Crippen LogP contribution in [-0.4, -0.2) is 5.11 Å². The number of hydrogen-bond acceptors (Lipinski definition) is 1. The van der Waals surface area contributed by atoms with Gasteiger partial charge >= 0.3 is 0 Å². The third-order valence-corrected chi connectivity index (χ3v) is 3.55. The predicted octanol–water partition coefficient (Wildman–Crippen LogP) is 3.88. The van der Waals surface area contributed by atoms with Crippen LogP contribution in [0.25, 0.3) is 0 Å². The molecular formula is C12H15ClO. The van der Waals surface area contributed by atoms with Gasteiger partial charge in [0.1, 0.15) is 5.75 Å². The Hall–Kier alpha value is -0.690. The van der Waals surface area contributed by atoms with Gasteiger partial charge in [0, 0.05) is 10.6 Å². The van der Waals surface area contributed by atoms with E-state index in [9.17, 15) is 5.11 Å². The zero-order valence-corrected chi connectivity index (χ0v) is 9.14. The van der Waals surface area contributed by atoms with Gasteiger partial charge in [0.05, 0.1) is 0 Å². The first kappa shape index (κ1) is 9.85. The fourth-order valence-electron chi connectivity index (χ4n) is 2.42. The van der Waals surface area contributed by atoms with Crippen molar-refractivity contribution in [3.05, 3.63) is 28.8 Å². The quantitative estimate of drug-likeness (QED) is 0.746. The van der Waals surface area contributed by atoms with Crippen molar-refractivity contribution in [1.82, 2.24) is 0 Å². The number of benzene rings is 1. The average molecular weight is 211 g/mol. The van der Waals surface area contributed by atoms with Crippen molar-refractivity contribution in [3.63, 3.8) is 0 Å².